The van der Waals surface area contributed by atoms with Crippen molar-refractivity contribution in [2.45, 2.75) is 12.8 Å². The number of aromatic nitrogens is 2. The number of hydrogen-bond acceptors (Lipinski definition) is 5. The molecule has 1 N–H and O–H groups in total. The van der Waals surface area contributed by atoms with Gasteiger partial charge in [0.25, 0.3) is 0 Å². The number of rotatable bonds is 5. The lowest BCUT2D eigenvalue weighted by atomic mass is 10.2. The maximum atomic E-state index is 10.5. The fraction of sp³-hybridized carbons (Fsp3) is 0.250. The predicted octanol–water partition coefficient (Wildman–Crippen LogP) is 2.52. The van der Waals surface area contributed by atoms with Gasteiger partial charge >= 0.3 is 5.97 Å². The van der Waals surface area contributed by atoms with E-state index in [1.807, 2.05) is 6.07 Å². The van der Waals surface area contributed by atoms with Gasteiger partial charge in [0.15, 0.2) is 0 Å². The first-order valence-corrected chi connectivity index (χ1v) is 6.27. The lowest BCUT2D eigenvalue weighted by Gasteiger charge is -2.03. The average Bonchev–Trinajstić information content (AvgIpc) is 2.85. The number of halogens is 1. The van der Waals surface area contributed by atoms with Gasteiger partial charge in [-0.1, -0.05) is 5.16 Å². The molecule has 1 heterocycles. The summed E-state index contributed by atoms with van der Waals surface area (Å²) < 4.78 is 10.9. The molecule has 0 atom stereocenters. The van der Waals surface area contributed by atoms with Crippen LogP contribution in [0.15, 0.2) is 27.2 Å². The van der Waals surface area contributed by atoms with Crippen molar-refractivity contribution in [2.75, 3.05) is 7.11 Å². The second-order valence-electron chi connectivity index (χ2n) is 3.75. The monoisotopic (exact) mass is 326 g/mol. The normalized spacial score (nSPS) is 10.4. The van der Waals surface area contributed by atoms with Crippen LogP contribution in [0, 0.1) is 0 Å². The molecule has 0 saturated carbocycles. The maximum absolute atomic E-state index is 10.5. The van der Waals surface area contributed by atoms with Gasteiger partial charge in [-0.05, 0) is 34.1 Å². The van der Waals surface area contributed by atoms with Crippen LogP contribution in [0.2, 0.25) is 0 Å². The molecule has 0 fully saturated rings. The van der Waals surface area contributed by atoms with Crippen LogP contribution >= 0.6 is 15.9 Å². The molecule has 6 nitrogen and oxygen atoms in total. The van der Waals surface area contributed by atoms with Crippen molar-refractivity contribution in [3.63, 3.8) is 0 Å². The van der Waals surface area contributed by atoms with E-state index in [-0.39, 0.29) is 12.8 Å². The third kappa shape index (κ3) is 3.31. The van der Waals surface area contributed by atoms with Gasteiger partial charge in [-0.25, -0.2) is 0 Å². The minimum absolute atomic E-state index is 0.0338. The number of methoxy groups -OCH3 is 1. The second-order valence-corrected chi connectivity index (χ2v) is 4.61. The van der Waals surface area contributed by atoms with Crippen LogP contribution in [-0.2, 0) is 11.2 Å². The summed E-state index contributed by atoms with van der Waals surface area (Å²) in [5.41, 5.74) is 0.762. The summed E-state index contributed by atoms with van der Waals surface area (Å²) in [7, 11) is 1.58. The number of carbonyl (C=O) groups is 1. The van der Waals surface area contributed by atoms with Crippen LogP contribution in [0.25, 0.3) is 11.4 Å². The molecule has 0 unspecified atom stereocenters. The van der Waals surface area contributed by atoms with Gasteiger partial charge in [0.2, 0.25) is 11.7 Å². The van der Waals surface area contributed by atoms with Crippen molar-refractivity contribution < 1.29 is 19.2 Å². The topological polar surface area (TPSA) is 85.5 Å². The van der Waals surface area contributed by atoms with E-state index in [9.17, 15) is 4.79 Å². The van der Waals surface area contributed by atoms with E-state index in [1.54, 1.807) is 19.2 Å². The SMILES string of the molecule is COc1ccc(-c2noc(CCC(=O)O)n2)cc1Br. The van der Waals surface area contributed by atoms with Crippen LogP contribution in [0.4, 0.5) is 0 Å². The zero-order chi connectivity index (χ0) is 13.8. The second kappa shape index (κ2) is 5.83. The number of benzene rings is 1. The molecule has 7 heteroatoms. The molecular weight excluding hydrogens is 316 g/mol. The van der Waals surface area contributed by atoms with Crippen molar-refractivity contribution in [2.24, 2.45) is 0 Å². The molecule has 0 amide bonds. The van der Waals surface area contributed by atoms with Gasteiger partial charge in [0, 0.05) is 12.0 Å². The Morgan fingerprint density at radius 2 is 2.32 bits per heavy atom. The molecule has 0 saturated heterocycles. The highest BCUT2D eigenvalue weighted by Crippen LogP contribution is 2.29. The fourth-order valence-electron chi connectivity index (χ4n) is 1.49. The first-order valence-electron chi connectivity index (χ1n) is 5.48. The summed E-state index contributed by atoms with van der Waals surface area (Å²) in [6, 6.07) is 5.40. The largest absolute Gasteiger partial charge is 0.496 e. The molecule has 0 radical (unpaired) electrons. The number of aliphatic carboxylic acids is 1. The number of carboxylic acid groups (broad SMARTS) is 1. The standard InChI is InChI=1S/C12H11BrN2O4/c1-18-9-3-2-7(6-8(9)13)12-14-10(19-15-12)4-5-11(16)17/h2-3,6H,4-5H2,1H3,(H,16,17). The van der Waals surface area contributed by atoms with Crippen LogP contribution in [0.5, 0.6) is 5.75 Å². The molecule has 2 aromatic rings. The van der Waals surface area contributed by atoms with E-state index in [0.717, 1.165) is 10.0 Å². The molecule has 0 aliphatic rings. The van der Waals surface area contributed by atoms with E-state index in [4.69, 9.17) is 14.4 Å². The molecule has 0 aliphatic heterocycles. The molecule has 2 rings (SSSR count). The molecule has 0 spiro atoms. The smallest absolute Gasteiger partial charge is 0.303 e. The molecule has 1 aromatic heterocycles. The van der Waals surface area contributed by atoms with Crippen LogP contribution < -0.4 is 4.74 Å². The van der Waals surface area contributed by atoms with Gasteiger partial charge in [-0.3, -0.25) is 4.79 Å². The Morgan fingerprint density at radius 3 is 2.95 bits per heavy atom. The Bertz CT molecular complexity index is 597. The maximum Gasteiger partial charge on any atom is 0.303 e. The molecule has 0 bridgehead atoms. The summed E-state index contributed by atoms with van der Waals surface area (Å²) in [4.78, 5) is 14.6. The molecule has 1 aromatic carbocycles. The van der Waals surface area contributed by atoms with E-state index in [1.165, 1.54) is 0 Å². The quantitative estimate of drug-likeness (QED) is 0.908. The predicted molar refractivity (Wildman–Crippen MR) is 69.9 cm³/mol. The van der Waals surface area contributed by atoms with Crippen molar-refractivity contribution in [1.29, 1.82) is 0 Å². The van der Waals surface area contributed by atoms with Crippen molar-refractivity contribution in [3.8, 4) is 17.1 Å². The number of nitrogens with zero attached hydrogens (tertiary/aromatic N) is 2. The molecule has 100 valence electrons. The molecular formula is C12H11BrN2O4. The zero-order valence-electron chi connectivity index (χ0n) is 10.1. The number of aryl methyl sites for hydroxylation is 1. The number of carboxylic acids is 1. The van der Waals surface area contributed by atoms with Crippen LogP contribution in [-0.4, -0.2) is 28.3 Å². The van der Waals surface area contributed by atoms with E-state index in [0.29, 0.717) is 17.5 Å². The van der Waals surface area contributed by atoms with Crippen molar-refractivity contribution in [1.82, 2.24) is 10.1 Å². The fourth-order valence-corrected chi connectivity index (χ4v) is 2.03. The summed E-state index contributed by atoms with van der Waals surface area (Å²) in [5.74, 6) is 0.540. The summed E-state index contributed by atoms with van der Waals surface area (Å²) in [5, 5.41) is 12.4. The van der Waals surface area contributed by atoms with Gasteiger partial charge in [-0.15, -0.1) is 0 Å². The molecule has 19 heavy (non-hydrogen) atoms. The third-order valence-corrected chi connectivity index (χ3v) is 3.05. The Labute approximate surface area is 117 Å². The highest BCUT2D eigenvalue weighted by molar-refractivity contribution is 9.10. The van der Waals surface area contributed by atoms with Gasteiger partial charge < -0.3 is 14.4 Å². The Morgan fingerprint density at radius 1 is 1.53 bits per heavy atom. The van der Waals surface area contributed by atoms with E-state index in [2.05, 4.69) is 26.1 Å². The highest BCUT2D eigenvalue weighted by atomic mass is 79.9. The van der Waals surface area contributed by atoms with Crippen molar-refractivity contribution >= 4 is 21.9 Å². The minimum atomic E-state index is -0.896. The number of ether oxygens (including phenoxy) is 1. The summed E-state index contributed by atoms with van der Waals surface area (Å²) in [6.07, 6.45) is 0.188. The Balaban J connectivity index is 2.18. The van der Waals surface area contributed by atoms with Crippen molar-refractivity contribution in [3.05, 3.63) is 28.6 Å². The minimum Gasteiger partial charge on any atom is -0.496 e. The lowest BCUT2D eigenvalue weighted by Crippen LogP contribution is -1.97. The lowest BCUT2D eigenvalue weighted by molar-refractivity contribution is -0.137. The van der Waals surface area contributed by atoms with Crippen LogP contribution in [0.1, 0.15) is 12.3 Å². The Hall–Kier alpha value is -1.89. The molecule has 0 aliphatic carbocycles. The summed E-state index contributed by atoms with van der Waals surface area (Å²) in [6.45, 7) is 0. The number of hydrogen-bond donors (Lipinski definition) is 1. The first-order chi connectivity index (χ1) is 9.10. The van der Waals surface area contributed by atoms with E-state index >= 15 is 0 Å². The Kier molecular flexibility index (Phi) is 4.16. The first kappa shape index (κ1) is 13.5. The average molecular weight is 327 g/mol. The van der Waals surface area contributed by atoms with Crippen LogP contribution in [0.3, 0.4) is 0 Å². The third-order valence-electron chi connectivity index (χ3n) is 2.43. The van der Waals surface area contributed by atoms with Gasteiger partial charge in [0.1, 0.15) is 5.75 Å². The van der Waals surface area contributed by atoms with Gasteiger partial charge in [-0.2, -0.15) is 4.98 Å². The highest BCUT2D eigenvalue weighted by Gasteiger charge is 2.11. The zero-order valence-corrected chi connectivity index (χ0v) is 11.7. The van der Waals surface area contributed by atoms with Gasteiger partial charge in [0.05, 0.1) is 18.0 Å². The van der Waals surface area contributed by atoms with E-state index < -0.39 is 5.97 Å². The summed E-state index contributed by atoms with van der Waals surface area (Å²) >= 11 is 3.37.